The molecule has 0 saturated carbocycles. The van der Waals surface area contributed by atoms with Crippen LogP contribution >= 0.6 is 0 Å². The lowest BCUT2D eigenvalue weighted by molar-refractivity contribution is 0.498. The Kier molecular flexibility index (Phi) is 4.04. The van der Waals surface area contributed by atoms with Gasteiger partial charge in [-0.1, -0.05) is 0 Å². The van der Waals surface area contributed by atoms with Gasteiger partial charge in [-0.2, -0.15) is 0 Å². The average molecular weight is 248 g/mol. The number of aromatic nitrogens is 3. The lowest BCUT2D eigenvalue weighted by atomic mass is 10.0. The summed E-state index contributed by atoms with van der Waals surface area (Å²) in [6.07, 6.45) is 8.15. The number of halogens is 1. The van der Waals surface area contributed by atoms with Gasteiger partial charge in [0.2, 0.25) is 0 Å². The van der Waals surface area contributed by atoms with Crippen molar-refractivity contribution < 1.29 is 4.39 Å². The summed E-state index contributed by atoms with van der Waals surface area (Å²) in [5, 5.41) is 3.14. The van der Waals surface area contributed by atoms with Crippen LogP contribution < -0.4 is 5.32 Å². The first-order chi connectivity index (χ1) is 8.72. The molecule has 0 aliphatic carbocycles. The minimum absolute atomic E-state index is 0.0234. The molecular formula is C13H17FN4. The van der Waals surface area contributed by atoms with E-state index in [9.17, 15) is 4.39 Å². The van der Waals surface area contributed by atoms with E-state index in [0.717, 1.165) is 18.7 Å². The summed E-state index contributed by atoms with van der Waals surface area (Å²) in [6, 6.07) is 1.69. The topological polar surface area (TPSA) is 42.7 Å². The number of nitrogens with one attached hydrogen (secondary N) is 1. The number of hydrogen-bond donors (Lipinski definition) is 1. The van der Waals surface area contributed by atoms with Crippen molar-refractivity contribution in [2.75, 3.05) is 7.05 Å². The fourth-order valence-corrected chi connectivity index (χ4v) is 2.03. The van der Waals surface area contributed by atoms with Crippen LogP contribution in [-0.2, 0) is 13.5 Å². The van der Waals surface area contributed by atoms with Gasteiger partial charge in [0.05, 0.1) is 6.20 Å². The summed E-state index contributed by atoms with van der Waals surface area (Å²) in [7, 11) is 3.80. The van der Waals surface area contributed by atoms with Gasteiger partial charge < -0.3 is 9.88 Å². The molecule has 0 aliphatic heterocycles. The van der Waals surface area contributed by atoms with Crippen molar-refractivity contribution in [2.45, 2.75) is 18.9 Å². The second-order valence-corrected chi connectivity index (χ2v) is 4.23. The molecule has 5 heteroatoms. The summed E-state index contributed by atoms with van der Waals surface area (Å²) in [5.74, 6) is 0.737. The third-order valence-electron chi connectivity index (χ3n) is 3.11. The van der Waals surface area contributed by atoms with Gasteiger partial charge >= 0.3 is 0 Å². The first-order valence-electron chi connectivity index (χ1n) is 5.95. The molecule has 0 fully saturated rings. The number of hydrogen-bond acceptors (Lipinski definition) is 3. The van der Waals surface area contributed by atoms with Crippen molar-refractivity contribution in [3.8, 4) is 0 Å². The third-order valence-corrected chi connectivity index (χ3v) is 3.11. The van der Waals surface area contributed by atoms with Gasteiger partial charge in [-0.15, -0.1) is 0 Å². The maximum Gasteiger partial charge on any atom is 0.146 e. The van der Waals surface area contributed by atoms with Crippen molar-refractivity contribution in [1.82, 2.24) is 19.9 Å². The van der Waals surface area contributed by atoms with E-state index in [1.54, 1.807) is 18.5 Å². The van der Waals surface area contributed by atoms with Gasteiger partial charge in [-0.25, -0.2) is 9.37 Å². The average Bonchev–Trinajstić information content (AvgIpc) is 2.78. The van der Waals surface area contributed by atoms with Gasteiger partial charge in [0.1, 0.15) is 11.6 Å². The first-order valence-corrected chi connectivity index (χ1v) is 5.95. The first kappa shape index (κ1) is 12.7. The molecule has 0 saturated heterocycles. The maximum absolute atomic E-state index is 13.6. The number of rotatable bonds is 5. The lowest BCUT2D eigenvalue weighted by Crippen LogP contribution is -2.19. The Bertz CT molecular complexity index is 509. The molecule has 0 aliphatic rings. The molecule has 2 rings (SSSR count). The number of aryl methyl sites for hydroxylation is 2. The molecule has 2 aromatic heterocycles. The van der Waals surface area contributed by atoms with Crippen LogP contribution in [0.15, 0.2) is 30.9 Å². The van der Waals surface area contributed by atoms with Crippen molar-refractivity contribution in [3.63, 3.8) is 0 Å². The molecule has 0 spiro atoms. The van der Waals surface area contributed by atoms with Crippen LogP contribution in [0.1, 0.15) is 23.9 Å². The zero-order valence-electron chi connectivity index (χ0n) is 10.6. The van der Waals surface area contributed by atoms with E-state index in [4.69, 9.17) is 0 Å². The van der Waals surface area contributed by atoms with Crippen LogP contribution in [-0.4, -0.2) is 21.6 Å². The Morgan fingerprint density at radius 2 is 2.28 bits per heavy atom. The smallest absolute Gasteiger partial charge is 0.146 e. The quantitative estimate of drug-likeness (QED) is 0.878. The van der Waals surface area contributed by atoms with Crippen molar-refractivity contribution in [2.24, 2.45) is 7.05 Å². The summed E-state index contributed by atoms with van der Waals surface area (Å²) >= 11 is 0. The lowest BCUT2D eigenvalue weighted by Gasteiger charge is -2.16. The molecule has 96 valence electrons. The van der Waals surface area contributed by atoms with Crippen LogP contribution in [0.25, 0.3) is 0 Å². The molecule has 1 atom stereocenters. The molecule has 1 N–H and O–H groups in total. The van der Waals surface area contributed by atoms with E-state index >= 15 is 0 Å². The van der Waals surface area contributed by atoms with Crippen LogP contribution in [0.3, 0.4) is 0 Å². The van der Waals surface area contributed by atoms with E-state index < -0.39 is 0 Å². The molecule has 0 amide bonds. The zero-order chi connectivity index (χ0) is 13.0. The molecular weight excluding hydrogens is 231 g/mol. The van der Waals surface area contributed by atoms with Crippen LogP contribution in [0.2, 0.25) is 0 Å². The number of imidazole rings is 1. The van der Waals surface area contributed by atoms with E-state index in [1.165, 1.54) is 6.20 Å². The Labute approximate surface area is 106 Å². The van der Waals surface area contributed by atoms with E-state index in [0.29, 0.717) is 5.56 Å². The Morgan fingerprint density at radius 3 is 2.89 bits per heavy atom. The largest absolute Gasteiger partial charge is 0.338 e. The second kappa shape index (κ2) is 5.73. The number of nitrogens with zero attached hydrogens (tertiary/aromatic N) is 3. The maximum atomic E-state index is 13.6. The van der Waals surface area contributed by atoms with E-state index in [2.05, 4.69) is 15.3 Å². The second-order valence-electron chi connectivity index (χ2n) is 4.23. The fraction of sp³-hybridized carbons (Fsp3) is 0.385. The predicted molar refractivity (Wildman–Crippen MR) is 67.5 cm³/mol. The predicted octanol–water partition coefficient (Wildman–Crippen LogP) is 1.85. The highest BCUT2D eigenvalue weighted by Crippen LogP contribution is 2.20. The Balaban J connectivity index is 2.07. The zero-order valence-corrected chi connectivity index (χ0v) is 10.6. The normalized spacial score (nSPS) is 12.6. The molecule has 18 heavy (non-hydrogen) atoms. The van der Waals surface area contributed by atoms with Gasteiger partial charge in [-0.3, -0.25) is 4.98 Å². The van der Waals surface area contributed by atoms with E-state index in [-0.39, 0.29) is 11.9 Å². The number of pyridine rings is 1. The van der Waals surface area contributed by atoms with Crippen molar-refractivity contribution >= 4 is 0 Å². The van der Waals surface area contributed by atoms with Crippen LogP contribution in [0.4, 0.5) is 4.39 Å². The van der Waals surface area contributed by atoms with Gasteiger partial charge in [0, 0.05) is 43.7 Å². The molecule has 2 aromatic rings. The van der Waals surface area contributed by atoms with Gasteiger partial charge in [0.15, 0.2) is 0 Å². The minimum Gasteiger partial charge on any atom is -0.338 e. The highest BCUT2D eigenvalue weighted by Gasteiger charge is 2.14. The highest BCUT2D eigenvalue weighted by molar-refractivity contribution is 5.17. The summed E-state index contributed by atoms with van der Waals surface area (Å²) < 4.78 is 15.6. The highest BCUT2D eigenvalue weighted by atomic mass is 19.1. The molecule has 1 unspecified atom stereocenters. The molecule has 0 bridgehead atoms. The summed E-state index contributed by atoms with van der Waals surface area (Å²) in [5.41, 5.74) is 0.654. The van der Waals surface area contributed by atoms with Crippen molar-refractivity contribution in [3.05, 3.63) is 48.1 Å². The third kappa shape index (κ3) is 2.73. The standard InChI is InChI=1S/C13H17FN4/c1-15-12(10-5-6-16-9-11(10)14)3-4-13-17-7-8-18(13)2/h5-9,12,15H,3-4H2,1-2H3. The van der Waals surface area contributed by atoms with Crippen molar-refractivity contribution in [1.29, 1.82) is 0 Å². The Morgan fingerprint density at radius 1 is 1.44 bits per heavy atom. The Hall–Kier alpha value is -1.75. The molecule has 0 radical (unpaired) electrons. The van der Waals surface area contributed by atoms with Gasteiger partial charge in [0.25, 0.3) is 0 Å². The summed E-state index contributed by atoms with van der Waals surface area (Å²) in [4.78, 5) is 8.03. The van der Waals surface area contributed by atoms with Crippen LogP contribution in [0.5, 0.6) is 0 Å². The minimum atomic E-state index is -0.267. The SMILES string of the molecule is CNC(CCc1nccn1C)c1ccncc1F. The van der Waals surface area contributed by atoms with E-state index in [1.807, 2.05) is 24.9 Å². The summed E-state index contributed by atoms with van der Waals surface area (Å²) in [6.45, 7) is 0. The van der Waals surface area contributed by atoms with Crippen LogP contribution in [0, 0.1) is 5.82 Å². The fourth-order valence-electron chi connectivity index (χ4n) is 2.03. The molecule has 4 nitrogen and oxygen atoms in total. The van der Waals surface area contributed by atoms with Gasteiger partial charge in [-0.05, 0) is 19.5 Å². The molecule has 2 heterocycles. The monoisotopic (exact) mass is 248 g/mol. The molecule has 0 aromatic carbocycles.